The van der Waals surface area contributed by atoms with Crippen molar-refractivity contribution in [2.75, 3.05) is 20.1 Å². The van der Waals surface area contributed by atoms with Crippen LogP contribution in [0.1, 0.15) is 44.0 Å². The van der Waals surface area contributed by atoms with Crippen molar-refractivity contribution in [3.63, 3.8) is 0 Å². The summed E-state index contributed by atoms with van der Waals surface area (Å²) in [4.78, 5) is 21.6. The third-order valence-corrected chi connectivity index (χ3v) is 5.15. The van der Waals surface area contributed by atoms with E-state index in [9.17, 15) is 9.90 Å². The summed E-state index contributed by atoms with van der Waals surface area (Å²) in [7, 11) is 1.98. The third kappa shape index (κ3) is 4.91. The lowest BCUT2D eigenvalue weighted by molar-refractivity contribution is -0.0785. The van der Waals surface area contributed by atoms with E-state index in [2.05, 4.69) is 9.88 Å². The van der Waals surface area contributed by atoms with Crippen LogP contribution in [-0.4, -0.2) is 63.4 Å². The number of likely N-dealkylation sites (N-methyl/N-ethyl adjacent to an activating group) is 1. The summed E-state index contributed by atoms with van der Waals surface area (Å²) in [6, 6.07) is -0.152. The molecule has 1 fully saturated rings. The van der Waals surface area contributed by atoms with Crippen LogP contribution in [-0.2, 0) is 11.3 Å². The van der Waals surface area contributed by atoms with Gasteiger partial charge in [-0.1, -0.05) is 0 Å². The molecule has 2 atom stereocenters. The second-order valence-corrected chi connectivity index (χ2v) is 9.13. The lowest BCUT2D eigenvalue weighted by Gasteiger charge is -2.46. The first-order valence-electron chi connectivity index (χ1n) is 8.30. The molecule has 136 valence electrons. The Bertz CT molecular complexity index is 580. The zero-order valence-corrected chi connectivity index (χ0v) is 16.3. The Morgan fingerprint density at radius 3 is 2.79 bits per heavy atom. The van der Waals surface area contributed by atoms with Crippen molar-refractivity contribution in [2.24, 2.45) is 0 Å². The first-order chi connectivity index (χ1) is 11.0. The van der Waals surface area contributed by atoms with Crippen molar-refractivity contribution >= 4 is 17.4 Å². The van der Waals surface area contributed by atoms with Gasteiger partial charge in [0.15, 0.2) is 0 Å². The van der Waals surface area contributed by atoms with Gasteiger partial charge in [0.05, 0.1) is 16.7 Å². The molecule has 7 heteroatoms. The number of likely N-dealkylation sites (tertiary alicyclic amines) is 1. The Kier molecular flexibility index (Phi) is 5.57. The number of aliphatic hydroxyl groups is 1. The van der Waals surface area contributed by atoms with E-state index in [1.165, 1.54) is 0 Å². The second kappa shape index (κ2) is 6.98. The number of thiazole rings is 1. The van der Waals surface area contributed by atoms with Crippen LogP contribution in [0.2, 0.25) is 0 Å². The number of piperidine rings is 1. The number of aryl methyl sites for hydroxylation is 1. The predicted octanol–water partition coefficient (Wildman–Crippen LogP) is 2.64. The number of hydrogen-bond donors (Lipinski definition) is 1. The van der Waals surface area contributed by atoms with Gasteiger partial charge in [0.2, 0.25) is 0 Å². The average molecular weight is 356 g/mol. The highest BCUT2D eigenvalue weighted by molar-refractivity contribution is 7.11. The topological polar surface area (TPSA) is 65.9 Å². The van der Waals surface area contributed by atoms with Crippen molar-refractivity contribution in [1.82, 2.24) is 14.8 Å². The van der Waals surface area contributed by atoms with Gasteiger partial charge in [-0.25, -0.2) is 9.78 Å². The molecule has 0 unspecified atom stereocenters. The number of carbonyl (C=O) groups excluding carboxylic acids is 1. The minimum Gasteiger partial charge on any atom is -0.444 e. The van der Waals surface area contributed by atoms with Gasteiger partial charge in [-0.05, 0) is 48.1 Å². The predicted molar refractivity (Wildman–Crippen MR) is 95.2 cm³/mol. The van der Waals surface area contributed by atoms with Crippen molar-refractivity contribution in [2.45, 2.75) is 64.8 Å². The first kappa shape index (κ1) is 19.1. The maximum absolute atomic E-state index is 12.4. The van der Waals surface area contributed by atoms with Crippen LogP contribution < -0.4 is 0 Å². The number of rotatable bonds is 3. The van der Waals surface area contributed by atoms with Gasteiger partial charge in [-0.3, -0.25) is 4.90 Å². The molecule has 0 saturated carbocycles. The van der Waals surface area contributed by atoms with Gasteiger partial charge in [-0.2, -0.15) is 0 Å². The summed E-state index contributed by atoms with van der Waals surface area (Å²) >= 11 is 1.66. The lowest BCUT2D eigenvalue weighted by Crippen LogP contribution is -2.61. The minimum atomic E-state index is -0.840. The van der Waals surface area contributed by atoms with Gasteiger partial charge in [0.25, 0.3) is 0 Å². The van der Waals surface area contributed by atoms with E-state index in [1.807, 2.05) is 47.9 Å². The second-order valence-electron chi connectivity index (χ2n) is 7.81. The summed E-state index contributed by atoms with van der Waals surface area (Å²) in [5, 5.41) is 11.8. The molecule has 0 bridgehead atoms. The molecule has 2 rings (SSSR count). The van der Waals surface area contributed by atoms with Crippen LogP contribution in [0.5, 0.6) is 0 Å². The smallest absolute Gasteiger partial charge is 0.410 e. The monoisotopic (exact) mass is 355 g/mol. The molecule has 0 aromatic carbocycles. The number of amides is 1. The van der Waals surface area contributed by atoms with Gasteiger partial charge >= 0.3 is 6.09 Å². The summed E-state index contributed by atoms with van der Waals surface area (Å²) < 4.78 is 5.47. The minimum absolute atomic E-state index is 0.152. The highest BCUT2D eigenvalue weighted by Crippen LogP contribution is 2.28. The molecule has 1 amide bonds. The highest BCUT2D eigenvalue weighted by atomic mass is 32.1. The van der Waals surface area contributed by atoms with E-state index < -0.39 is 11.2 Å². The molecular weight excluding hydrogens is 326 g/mol. The molecule has 1 saturated heterocycles. The molecule has 24 heavy (non-hydrogen) atoms. The summed E-state index contributed by atoms with van der Waals surface area (Å²) in [5.74, 6) is 0. The molecule has 2 heterocycles. The fraction of sp³-hybridized carbons (Fsp3) is 0.765. The van der Waals surface area contributed by atoms with Crippen LogP contribution in [0.3, 0.4) is 0 Å². The van der Waals surface area contributed by atoms with Gasteiger partial charge in [0, 0.05) is 30.7 Å². The zero-order chi connectivity index (χ0) is 18.1. The number of carbonyl (C=O) groups is 1. The van der Waals surface area contributed by atoms with Gasteiger partial charge in [-0.15, -0.1) is 11.3 Å². The molecule has 0 aliphatic carbocycles. The number of nitrogens with zero attached hydrogens (tertiary/aromatic N) is 3. The molecule has 1 aromatic heterocycles. The van der Waals surface area contributed by atoms with E-state index >= 15 is 0 Å². The van der Waals surface area contributed by atoms with Crippen molar-refractivity contribution in [3.05, 3.63) is 16.1 Å². The van der Waals surface area contributed by atoms with Crippen molar-refractivity contribution < 1.29 is 14.6 Å². The molecule has 0 spiro atoms. The normalized spacial score (nSPS) is 25.2. The maximum Gasteiger partial charge on any atom is 0.410 e. The SMILES string of the molecule is Cc1ncc(CN(C)[C@H]2CN(C(=O)OC(C)(C)C)CC[C@@]2(C)O)s1. The van der Waals surface area contributed by atoms with E-state index in [0.717, 1.165) is 9.88 Å². The largest absolute Gasteiger partial charge is 0.444 e. The van der Waals surface area contributed by atoms with Crippen LogP contribution in [0.15, 0.2) is 6.20 Å². The fourth-order valence-electron chi connectivity index (χ4n) is 2.97. The van der Waals surface area contributed by atoms with Gasteiger partial charge < -0.3 is 14.7 Å². The molecular formula is C17H29N3O3S. The molecule has 1 aliphatic heterocycles. The zero-order valence-electron chi connectivity index (χ0n) is 15.5. The van der Waals surface area contributed by atoms with E-state index in [0.29, 0.717) is 26.1 Å². The average Bonchev–Trinajstić information content (AvgIpc) is 2.81. The maximum atomic E-state index is 12.4. The Labute approximate surface area is 148 Å². The quantitative estimate of drug-likeness (QED) is 0.903. The van der Waals surface area contributed by atoms with E-state index in [1.54, 1.807) is 16.2 Å². The Morgan fingerprint density at radius 1 is 1.58 bits per heavy atom. The van der Waals surface area contributed by atoms with Crippen molar-refractivity contribution in [1.29, 1.82) is 0 Å². The van der Waals surface area contributed by atoms with Crippen molar-refractivity contribution in [3.8, 4) is 0 Å². The van der Waals surface area contributed by atoms with E-state index in [4.69, 9.17) is 4.74 Å². The molecule has 0 radical (unpaired) electrons. The molecule has 6 nitrogen and oxygen atoms in total. The lowest BCUT2D eigenvalue weighted by atomic mass is 9.87. The Balaban J connectivity index is 2.06. The molecule has 1 N–H and O–H groups in total. The van der Waals surface area contributed by atoms with Crippen LogP contribution in [0, 0.1) is 6.92 Å². The van der Waals surface area contributed by atoms with Gasteiger partial charge in [0.1, 0.15) is 5.60 Å². The number of hydrogen-bond acceptors (Lipinski definition) is 6. The Morgan fingerprint density at radius 2 is 2.25 bits per heavy atom. The number of aromatic nitrogens is 1. The van der Waals surface area contributed by atoms with Crippen LogP contribution >= 0.6 is 11.3 Å². The first-order valence-corrected chi connectivity index (χ1v) is 9.11. The number of ether oxygens (including phenoxy) is 1. The highest BCUT2D eigenvalue weighted by Gasteiger charge is 2.42. The van der Waals surface area contributed by atoms with Crippen LogP contribution in [0.4, 0.5) is 4.79 Å². The van der Waals surface area contributed by atoms with E-state index in [-0.39, 0.29) is 12.1 Å². The Hall–Kier alpha value is -1.18. The third-order valence-electron chi connectivity index (χ3n) is 4.26. The standard InChI is InChI=1S/C17H29N3O3S/c1-12-18-9-13(24-12)10-19(6)14-11-20(8-7-17(14,5)22)15(21)23-16(2,3)4/h9,14,22H,7-8,10-11H2,1-6H3/t14-,17+/m0/s1. The fourth-order valence-corrected chi connectivity index (χ4v) is 3.82. The molecule has 1 aliphatic rings. The summed E-state index contributed by atoms with van der Waals surface area (Å²) in [6.45, 7) is 11.1. The molecule has 1 aromatic rings. The summed E-state index contributed by atoms with van der Waals surface area (Å²) in [6.07, 6.45) is 2.09. The van der Waals surface area contributed by atoms with Crippen LogP contribution in [0.25, 0.3) is 0 Å². The summed E-state index contributed by atoms with van der Waals surface area (Å²) in [5.41, 5.74) is -1.36.